The summed E-state index contributed by atoms with van der Waals surface area (Å²) in [5, 5.41) is 3.65. The third-order valence-corrected chi connectivity index (χ3v) is 5.29. The Bertz CT molecular complexity index is 703. The fourth-order valence-corrected chi connectivity index (χ4v) is 4.14. The molecule has 2 bridgehead atoms. The highest BCUT2D eigenvalue weighted by molar-refractivity contribution is 5.92. The third kappa shape index (κ3) is 2.47. The van der Waals surface area contributed by atoms with Crippen molar-refractivity contribution >= 4 is 11.8 Å². The molecule has 25 heavy (non-hydrogen) atoms. The van der Waals surface area contributed by atoms with Crippen LogP contribution >= 0.6 is 0 Å². The largest absolute Gasteiger partial charge is 0.383 e. The lowest BCUT2D eigenvalue weighted by atomic mass is 9.76. The molecule has 8 nitrogen and oxygen atoms in total. The summed E-state index contributed by atoms with van der Waals surface area (Å²) in [6.07, 6.45) is 5.06. The average Bonchev–Trinajstić information content (AvgIpc) is 3.35. The fourth-order valence-electron chi connectivity index (χ4n) is 4.14. The molecule has 3 aliphatic heterocycles. The van der Waals surface area contributed by atoms with E-state index in [2.05, 4.69) is 5.16 Å². The van der Waals surface area contributed by atoms with E-state index in [4.69, 9.17) is 14.0 Å². The number of hydrogen-bond acceptors (Lipinski definition) is 6. The molecule has 4 rings (SSSR count). The van der Waals surface area contributed by atoms with Crippen LogP contribution in [0.15, 0.2) is 28.9 Å². The highest BCUT2D eigenvalue weighted by Crippen LogP contribution is 2.52. The van der Waals surface area contributed by atoms with Crippen molar-refractivity contribution in [2.24, 2.45) is 11.8 Å². The summed E-state index contributed by atoms with van der Waals surface area (Å²) in [6, 6.07) is 1.72. The van der Waals surface area contributed by atoms with Crippen molar-refractivity contribution in [1.29, 1.82) is 0 Å². The van der Waals surface area contributed by atoms with E-state index in [9.17, 15) is 9.59 Å². The summed E-state index contributed by atoms with van der Waals surface area (Å²) in [7, 11) is 3.31. The zero-order valence-electron chi connectivity index (χ0n) is 14.3. The van der Waals surface area contributed by atoms with Gasteiger partial charge in [-0.3, -0.25) is 9.59 Å². The van der Waals surface area contributed by atoms with Crippen LogP contribution in [0.3, 0.4) is 0 Å². The molecule has 0 aliphatic carbocycles. The van der Waals surface area contributed by atoms with Crippen LogP contribution in [0.5, 0.6) is 0 Å². The molecule has 0 aromatic carbocycles. The number of amides is 2. The summed E-state index contributed by atoms with van der Waals surface area (Å²) in [5.74, 6) is -0.512. The van der Waals surface area contributed by atoms with Gasteiger partial charge in [0.2, 0.25) is 11.8 Å². The Balaban J connectivity index is 1.53. The van der Waals surface area contributed by atoms with Gasteiger partial charge in [-0.2, -0.15) is 0 Å². The predicted octanol–water partition coefficient (Wildman–Crippen LogP) is 0.0614. The maximum Gasteiger partial charge on any atom is 0.230 e. The van der Waals surface area contributed by atoms with Crippen molar-refractivity contribution in [1.82, 2.24) is 15.0 Å². The minimum absolute atomic E-state index is 0.0321. The highest BCUT2D eigenvalue weighted by Gasteiger charge is 2.66. The van der Waals surface area contributed by atoms with E-state index in [-0.39, 0.29) is 17.9 Å². The molecule has 2 amide bonds. The molecule has 2 fully saturated rings. The topological polar surface area (TPSA) is 85.1 Å². The van der Waals surface area contributed by atoms with E-state index in [1.165, 1.54) is 0 Å². The molecule has 8 heteroatoms. The lowest BCUT2D eigenvalue weighted by molar-refractivity contribution is -0.143. The number of methoxy groups -OCH3 is 1. The number of ether oxygens (including phenoxy) is 2. The number of aromatic nitrogens is 1. The van der Waals surface area contributed by atoms with Gasteiger partial charge in [-0.15, -0.1) is 0 Å². The molecule has 0 N–H and O–H groups in total. The fraction of sp³-hybridized carbons (Fsp3) is 0.588. The molecule has 3 aliphatic rings. The van der Waals surface area contributed by atoms with Gasteiger partial charge in [-0.1, -0.05) is 17.3 Å². The second-order valence-electron chi connectivity index (χ2n) is 6.83. The number of fused-ring (bicyclic) bond motifs is 1. The van der Waals surface area contributed by atoms with Crippen molar-refractivity contribution in [3.63, 3.8) is 0 Å². The number of carbonyl (C=O) groups is 2. The smallest absolute Gasteiger partial charge is 0.230 e. The quantitative estimate of drug-likeness (QED) is 0.677. The number of likely N-dealkylation sites (tertiary alicyclic amines) is 1. The van der Waals surface area contributed by atoms with Crippen molar-refractivity contribution in [2.75, 3.05) is 33.9 Å². The summed E-state index contributed by atoms with van der Waals surface area (Å²) in [5.41, 5.74) is -0.678. The lowest BCUT2D eigenvalue weighted by Gasteiger charge is -2.27. The Labute approximate surface area is 145 Å². The molecule has 4 heterocycles. The SMILES string of the molecule is COCCN1C[C@]23C=C[C@H](O2)[C@H](C(=O)N(C)Cc2ccno2)[C@H]3C1=O. The van der Waals surface area contributed by atoms with Crippen LogP contribution in [0.4, 0.5) is 0 Å². The number of hydrogen-bond donors (Lipinski definition) is 0. The van der Waals surface area contributed by atoms with E-state index in [1.54, 1.807) is 36.2 Å². The zero-order valence-corrected chi connectivity index (χ0v) is 14.3. The monoisotopic (exact) mass is 347 g/mol. The molecule has 1 aromatic heterocycles. The van der Waals surface area contributed by atoms with Crippen LogP contribution in [-0.4, -0.2) is 72.3 Å². The molecule has 1 aromatic rings. The van der Waals surface area contributed by atoms with Gasteiger partial charge in [0.1, 0.15) is 5.60 Å². The first kappa shape index (κ1) is 16.3. The molecule has 2 saturated heterocycles. The minimum atomic E-state index is -0.678. The lowest BCUT2D eigenvalue weighted by Crippen LogP contribution is -2.44. The Kier molecular flexibility index (Phi) is 3.88. The van der Waals surface area contributed by atoms with Gasteiger partial charge in [0.15, 0.2) is 5.76 Å². The van der Waals surface area contributed by atoms with Gasteiger partial charge in [0, 0.05) is 26.8 Å². The molecule has 134 valence electrons. The molecular weight excluding hydrogens is 326 g/mol. The number of rotatable bonds is 6. The third-order valence-electron chi connectivity index (χ3n) is 5.29. The van der Waals surface area contributed by atoms with E-state index >= 15 is 0 Å². The van der Waals surface area contributed by atoms with Crippen LogP contribution in [-0.2, 0) is 25.6 Å². The van der Waals surface area contributed by atoms with Gasteiger partial charge in [-0.05, 0) is 0 Å². The van der Waals surface area contributed by atoms with Crippen molar-refractivity contribution in [2.45, 2.75) is 18.2 Å². The maximum absolute atomic E-state index is 13.0. The second-order valence-corrected chi connectivity index (χ2v) is 6.83. The van der Waals surface area contributed by atoms with E-state index < -0.39 is 17.4 Å². The summed E-state index contributed by atoms with van der Waals surface area (Å²) in [4.78, 5) is 29.2. The second kappa shape index (κ2) is 5.96. The van der Waals surface area contributed by atoms with Crippen molar-refractivity contribution in [3.8, 4) is 0 Å². The van der Waals surface area contributed by atoms with Gasteiger partial charge < -0.3 is 23.8 Å². The molecule has 0 saturated carbocycles. The zero-order chi connectivity index (χ0) is 17.6. The minimum Gasteiger partial charge on any atom is -0.383 e. The van der Waals surface area contributed by atoms with Gasteiger partial charge in [0.05, 0.1) is 43.8 Å². The van der Waals surface area contributed by atoms with E-state index in [0.717, 1.165) is 0 Å². The normalized spacial score (nSPS) is 32.5. The Morgan fingerprint density at radius 3 is 3.12 bits per heavy atom. The van der Waals surface area contributed by atoms with Crippen LogP contribution in [0.1, 0.15) is 5.76 Å². The maximum atomic E-state index is 13.0. The Morgan fingerprint density at radius 1 is 1.56 bits per heavy atom. The van der Waals surface area contributed by atoms with Crippen LogP contribution in [0, 0.1) is 11.8 Å². The predicted molar refractivity (Wildman–Crippen MR) is 85.2 cm³/mol. The summed E-state index contributed by atoms with van der Waals surface area (Å²) in [6.45, 7) is 1.76. The summed E-state index contributed by atoms with van der Waals surface area (Å²) >= 11 is 0. The van der Waals surface area contributed by atoms with E-state index in [1.807, 2.05) is 12.2 Å². The van der Waals surface area contributed by atoms with Crippen molar-refractivity contribution < 1.29 is 23.6 Å². The first-order valence-electron chi connectivity index (χ1n) is 8.35. The molecule has 0 radical (unpaired) electrons. The molecular formula is C17H21N3O5. The first-order chi connectivity index (χ1) is 12.1. The number of carbonyl (C=O) groups excluding carboxylic acids is 2. The van der Waals surface area contributed by atoms with Crippen LogP contribution in [0.2, 0.25) is 0 Å². The van der Waals surface area contributed by atoms with E-state index in [0.29, 0.717) is 32.0 Å². The Hall–Kier alpha value is -2.19. The highest BCUT2D eigenvalue weighted by atomic mass is 16.5. The molecule has 0 unspecified atom stereocenters. The first-order valence-corrected chi connectivity index (χ1v) is 8.35. The van der Waals surface area contributed by atoms with Crippen LogP contribution < -0.4 is 0 Å². The van der Waals surface area contributed by atoms with Crippen molar-refractivity contribution in [3.05, 3.63) is 30.2 Å². The standard InChI is InChI=1S/C17H21N3O5/c1-19(9-11-4-6-18-25-11)15(21)13-12-3-5-17(24-12)10-20(7-8-23-2)16(22)14(13)17/h3-6,12-14H,7-10H2,1-2H3/t12-,13-,14-,17-/m0/s1. The average molecular weight is 347 g/mol. The van der Waals surface area contributed by atoms with Gasteiger partial charge >= 0.3 is 0 Å². The molecule has 4 atom stereocenters. The van der Waals surface area contributed by atoms with Crippen LogP contribution in [0.25, 0.3) is 0 Å². The number of nitrogens with zero attached hydrogens (tertiary/aromatic N) is 3. The Morgan fingerprint density at radius 2 is 2.40 bits per heavy atom. The summed E-state index contributed by atoms with van der Waals surface area (Å²) < 4.78 is 16.2. The molecule has 1 spiro atoms. The van der Waals surface area contributed by atoms with Gasteiger partial charge in [-0.25, -0.2) is 0 Å². The van der Waals surface area contributed by atoms with Gasteiger partial charge in [0.25, 0.3) is 0 Å².